The highest BCUT2D eigenvalue weighted by molar-refractivity contribution is 7.22. The number of thiazole rings is 1. The first-order valence-electron chi connectivity index (χ1n) is 12.6. The fraction of sp³-hybridized carbons (Fsp3) is 0.423. The first-order chi connectivity index (χ1) is 18.7. The van der Waals surface area contributed by atoms with Crippen molar-refractivity contribution in [1.29, 1.82) is 0 Å². The van der Waals surface area contributed by atoms with Gasteiger partial charge in [0.15, 0.2) is 10.9 Å². The van der Waals surface area contributed by atoms with Gasteiger partial charge in [-0.05, 0) is 38.7 Å². The van der Waals surface area contributed by atoms with E-state index in [0.29, 0.717) is 42.8 Å². The number of anilines is 2. The monoisotopic (exact) mass is 577 g/mol. The van der Waals surface area contributed by atoms with Crippen LogP contribution in [0.2, 0.25) is 5.02 Å². The van der Waals surface area contributed by atoms with E-state index < -0.39 is 17.8 Å². The molecule has 0 spiro atoms. The normalized spacial score (nSPS) is 20.9. The number of fused-ring (bicyclic) bond motifs is 2. The van der Waals surface area contributed by atoms with Crippen molar-refractivity contribution in [3.05, 3.63) is 34.9 Å². The number of alkyl halides is 1. The molecule has 2 aromatic carbocycles. The lowest BCUT2D eigenvalue weighted by atomic mass is 10.0. The number of likely N-dealkylation sites (N-methyl/N-ethyl adjacent to an activating group) is 2. The summed E-state index contributed by atoms with van der Waals surface area (Å²) in [6.07, 6.45) is -0.572. The number of hydrogen-bond donors (Lipinski definition) is 1. The Morgan fingerprint density at radius 2 is 1.87 bits per heavy atom. The highest BCUT2D eigenvalue weighted by Gasteiger charge is 2.31. The van der Waals surface area contributed by atoms with E-state index in [1.807, 2.05) is 19.0 Å². The van der Waals surface area contributed by atoms with E-state index in [-0.39, 0.29) is 50.1 Å². The molecule has 6 rings (SSSR count). The Bertz CT molecular complexity index is 1560. The minimum absolute atomic E-state index is 0.00136. The molecule has 4 heterocycles. The van der Waals surface area contributed by atoms with Gasteiger partial charge < -0.3 is 20.3 Å². The molecule has 2 aromatic heterocycles. The van der Waals surface area contributed by atoms with E-state index in [2.05, 4.69) is 24.8 Å². The summed E-state index contributed by atoms with van der Waals surface area (Å²) in [5.41, 5.74) is 6.46. The number of likely N-dealkylation sites (tertiary alicyclic amines) is 1. The maximum absolute atomic E-state index is 16.4. The van der Waals surface area contributed by atoms with Crippen LogP contribution in [-0.2, 0) is 0 Å². The molecule has 0 radical (unpaired) electrons. The van der Waals surface area contributed by atoms with Crippen LogP contribution in [0, 0.1) is 11.6 Å². The summed E-state index contributed by atoms with van der Waals surface area (Å²) in [5, 5.41) is 0.723. The molecule has 39 heavy (non-hydrogen) atoms. The number of halogens is 4. The Balaban J connectivity index is 1.49. The van der Waals surface area contributed by atoms with Crippen molar-refractivity contribution in [2.24, 2.45) is 0 Å². The zero-order chi connectivity index (χ0) is 27.4. The Morgan fingerprint density at radius 3 is 2.59 bits per heavy atom. The van der Waals surface area contributed by atoms with E-state index in [0.717, 1.165) is 24.4 Å². The first-order valence-corrected chi connectivity index (χ1v) is 13.8. The summed E-state index contributed by atoms with van der Waals surface area (Å²) in [6.45, 7) is 3.47. The second-order valence-corrected chi connectivity index (χ2v) is 11.6. The van der Waals surface area contributed by atoms with Crippen LogP contribution >= 0.6 is 22.9 Å². The van der Waals surface area contributed by atoms with Gasteiger partial charge in [-0.3, -0.25) is 4.90 Å². The van der Waals surface area contributed by atoms with Crippen molar-refractivity contribution < 1.29 is 17.9 Å². The highest BCUT2D eigenvalue weighted by Crippen LogP contribution is 2.42. The van der Waals surface area contributed by atoms with Crippen LogP contribution in [0.5, 0.6) is 6.01 Å². The van der Waals surface area contributed by atoms with Crippen LogP contribution in [0.3, 0.4) is 0 Å². The lowest BCUT2D eigenvalue weighted by Gasteiger charge is -2.34. The number of hydrogen-bond acceptors (Lipinski definition) is 9. The number of nitrogens with zero attached hydrogens (tertiary/aromatic N) is 6. The molecule has 13 heteroatoms. The van der Waals surface area contributed by atoms with Crippen LogP contribution in [0.15, 0.2) is 18.2 Å². The molecule has 2 N–H and O–H groups in total. The summed E-state index contributed by atoms with van der Waals surface area (Å²) in [7, 11) is 3.88. The van der Waals surface area contributed by atoms with Gasteiger partial charge in [-0.25, -0.2) is 18.2 Å². The van der Waals surface area contributed by atoms with E-state index in [1.165, 1.54) is 12.1 Å². The Morgan fingerprint density at radius 1 is 1.10 bits per heavy atom. The van der Waals surface area contributed by atoms with Crippen molar-refractivity contribution >= 4 is 55.0 Å². The fourth-order valence-electron chi connectivity index (χ4n) is 5.30. The number of rotatable bonds is 5. The number of aromatic nitrogens is 3. The molecule has 206 valence electrons. The fourth-order valence-corrected chi connectivity index (χ4v) is 6.36. The van der Waals surface area contributed by atoms with Gasteiger partial charge in [0.25, 0.3) is 0 Å². The average molecular weight is 578 g/mol. The molecule has 0 saturated carbocycles. The molecule has 2 aliphatic rings. The molecular formula is C26H27ClF3N7OS. The number of nitrogen functional groups attached to an aromatic ring is 1. The third kappa shape index (κ3) is 4.83. The molecule has 2 aliphatic heterocycles. The molecule has 8 nitrogen and oxygen atoms in total. The second-order valence-electron chi connectivity index (χ2n) is 10.1. The number of piperazine rings is 1. The molecular weight excluding hydrogens is 551 g/mol. The van der Waals surface area contributed by atoms with E-state index in [9.17, 15) is 8.78 Å². The lowest BCUT2D eigenvalue weighted by Crippen LogP contribution is -2.45. The largest absolute Gasteiger partial charge is 0.462 e. The molecule has 0 aliphatic carbocycles. The van der Waals surface area contributed by atoms with Gasteiger partial charge in [-0.2, -0.15) is 9.97 Å². The van der Waals surface area contributed by atoms with Crippen molar-refractivity contribution in [2.45, 2.75) is 18.6 Å². The quantitative estimate of drug-likeness (QED) is 0.369. The van der Waals surface area contributed by atoms with Crippen molar-refractivity contribution in [3.8, 4) is 17.1 Å². The first kappa shape index (κ1) is 26.3. The number of benzene rings is 2. The minimum atomic E-state index is -0.920. The predicted molar refractivity (Wildman–Crippen MR) is 149 cm³/mol. The Labute approximate surface area is 232 Å². The van der Waals surface area contributed by atoms with E-state index in [4.69, 9.17) is 22.1 Å². The van der Waals surface area contributed by atoms with Gasteiger partial charge in [0.2, 0.25) is 0 Å². The lowest BCUT2D eigenvalue weighted by molar-refractivity contribution is 0.188. The van der Waals surface area contributed by atoms with Gasteiger partial charge in [0, 0.05) is 55.3 Å². The van der Waals surface area contributed by atoms with Gasteiger partial charge in [0.05, 0.1) is 15.2 Å². The summed E-state index contributed by atoms with van der Waals surface area (Å²) in [6, 6.07) is 4.18. The molecule has 2 fully saturated rings. The molecule has 4 aromatic rings. The molecule has 2 saturated heterocycles. The maximum atomic E-state index is 16.4. The predicted octanol–water partition coefficient (Wildman–Crippen LogP) is 4.59. The summed E-state index contributed by atoms with van der Waals surface area (Å²) < 4.78 is 51.0. The minimum Gasteiger partial charge on any atom is -0.462 e. The van der Waals surface area contributed by atoms with Crippen molar-refractivity contribution in [3.63, 3.8) is 0 Å². The van der Waals surface area contributed by atoms with E-state index in [1.54, 1.807) is 6.07 Å². The van der Waals surface area contributed by atoms with Gasteiger partial charge in [0.1, 0.15) is 29.9 Å². The van der Waals surface area contributed by atoms with Gasteiger partial charge in [-0.15, -0.1) is 0 Å². The Kier molecular flexibility index (Phi) is 6.90. The van der Waals surface area contributed by atoms with E-state index >= 15 is 4.39 Å². The second kappa shape index (κ2) is 10.2. The zero-order valence-electron chi connectivity index (χ0n) is 21.4. The number of nitrogens with two attached hydrogens (primary N) is 1. The smallest absolute Gasteiger partial charge is 0.319 e. The van der Waals surface area contributed by atoms with Crippen LogP contribution in [-0.4, -0.2) is 90.4 Å². The summed E-state index contributed by atoms with van der Waals surface area (Å²) >= 11 is 7.68. The summed E-state index contributed by atoms with van der Waals surface area (Å²) in [4.78, 5) is 19.5. The molecule has 1 unspecified atom stereocenters. The van der Waals surface area contributed by atoms with Crippen LogP contribution < -0.4 is 15.4 Å². The van der Waals surface area contributed by atoms with Crippen LogP contribution in [0.4, 0.5) is 24.1 Å². The van der Waals surface area contributed by atoms with Crippen molar-refractivity contribution in [2.75, 3.05) is 64.1 Å². The Hall–Kier alpha value is -2.93. The molecule has 0 amide bonds. The third-order valence-electron chi connectivity index (χ3n) is 7.47. The SMILES string of the molecule is CN1CCN(c2nc(OC[C@@H]3CC(F)CN3C)nc3c(F)c(-c4ccc(F)c5sc(N)nc45)c(Cl)cc23)CC1. The van der Waals surface area contributed by atoms with Crippen LogP contribution in [0.1, 0.15) is 6.42 Å². The summed E-state index contributed by atoms with van der Waals surface area (Å²) in [5.74, 6) is -0.676. The van der Waals surface area contributed by atoms with Gasteiger partial charge in [-0.1, -0.05) is 22.9 Å². The third-order valence-corrected chi connectivity index (χ3v) is 8.66. The zero-order valence-corrected chi connectivity index (χ0v) is 23.0. The molecule has 2 atom stereocenters. The maximum Gasteiger partial charge on any atom is 0.319 e. The standard InChI is InChI=1S/C26H27ClF3N7OS/c1-35-5-7-37(8-6-35)24-16-10-17(27)19(15-3-4-18(29)23-22(15)32-25(31)39-23)20(30)21(16)33-26(34-24)38-12-14-9-13(28)11-36(14)2/h3-4,10,13-14H,5-9,11-12H2,1-2H3,(H2,31,32)/t13?,14-/m0/s1. The van der Waals surface area contributed by atoms with Gasteiger partial charge >= 0.3 is 6.01 Å². The number of ether oxygens (including phenoxy) is 1. The van der Waals surface area contributed by atoms with Crippen LogP contribution in [0.25, 0.3) is 32.2 Å². The highest BCUT2D eigenvalue weighted by atomic mass is 35.5. The molecule has 0 bridgehead atoms. The van der Waals surface area contributed by atoms with Crippen molar-refractivity contribution in [1.82, 2.24) is 24.8 Å². The average Bonchev–Trinajstić information content (AvgIpc) is 3.45. The topological polar surface area (TPSA) is 83.6 Å².